The van der Waals surface area contributed by atoms with Gasteiger partial charge >= 0.3 is 5.97 Å². The summed E-state index contributed by atoms with van der Waals surface area (Å²) < 4.78 is 32.1. The SMILES string of the molecule is COC(=O)c1scc(C)c1S(=O)(=O)N1CCNC(C)C1C.Cl. The van der Waals surface area contributed by atoms with Crippen LogP contribution in [-0.2, 0) is 14.8 Å². The number of methoxy groups -OCH3 is 1. The number of aryl methyl sites for hydroxylation is 1. The number of thiophene rings is 1. The number of esters is 1. The van der Waals surface area contributed by atoms with Gasteiger partial charge in [0.25, 0.3) is 0 Å². The normalized spacial score (nSPS) is 22.9. The lowest BCUT2D eigenvalue weighted by Crippen LogP contribution is -2.57. The number of ether oxygens (including phenoxy) is 1. The third-order valence-electron chi connectivity index (χ3n) is 3.83. The van der Waals surface area contributed by atoms with E-state index in [1.165, 1.54) is 11.4 Å². The van der Waals surface area contributed by atoms with Gasteiger partial charge in [0.05, 0.1) is 7.11 Å². The summed E-state index contributed by atoms with van der Waals surface area (Å²) in [5.74, 6) is -0.609. The Morgan fingerprint density at radius 3 is 2.68 bits per heavy atom. The Labute approximate surface area is 141 Å². The Morgan fingerprint density at radius 2 is 2.09 bits per heavy atom. The molecule has 2 unspecified atom stereocenters. The van der Waals surface area contributed by atoms with Crippen molar-refractivity contribution in [1.82, 2.24) is 9.62 Å². The van der Waals surface area contributed by atoms with Crippen LogP contribution in [0, 0.1) is 6.92 Å². The summed E-state index contributed by atoms with van der Waals surface area (Å²) >= 11 is 1.11. The van der Waals surface area contributed by atoms with E-state index in [0.29, 0.717) is 18.7 Å². The quantitative estimate of drug-likeness (QED) is 0.821. The van der Waals surface area contributed by atoms with Gasteiger partial charge in [-0.2, -0.15) is 4.31 Å². The molecule has 2 atom stereocenters. The van der Waals surface area contributed by atoms with Gasteiger partial charge in [-0.1, -0.05) is 0 Å². The van der Waals surface area contributed by atoms with E-state index in [9.17, 15) is 13.2 Å². The molecule has 0 saturated carbocycles. The van der Waals surface area contributed by atoms with E-state index >= 15 is 0 Å². The average Bonchev–Trinajstić information content (AvgIpc) is 2.83. The first kappa shape index (κ1) is 19.4. The second kappa shape index (κ2) is 7.27. The van der Waals surface area contributed by atoms with Crippen LogP contribution in [0.25, 0.3) is 0 Å². The number of sulfonamides is 1. The van der Waals surface area contributed by atoms with Gasteiger partial charge < -0.3 is 10.1 Å². The summed E-state index contributed by atoms with van der Waals surface area (Å²) in [5, 5.41) is 4.92. The van der Waals surface area contributed by atoms with Crippen molar-refractivity contribution in [2.24, 2.45) is 0 Å². The molecule has 22 heavy (non-hydrogen) atoms. The van der Waals surface area contributed by atoms with Crippen molar-refractivity contribution in [3.05, 3.63) is 15.8 Å². The first-order valence-corrected chi connectivity index (χ1v) is 9.04. The molecular weight excluding hydrogens is 348 g/mol. The van der Waals surface area contributed by atoms with Crippen LogP contribution >= 0.6 is 23.7 Å². The Hall–Kier alpha value is -0.670. The lowest BCUT2D eigenvalue weighted by molar-refractivity contribution is 0.0602. The smallest absolute Gasteiger partial charge is 0.349 e. The predicted molar refractivity (Wildman–Crippen MR) is 88.5 cm³/mol. The standard InChI is InChI=1S/C13H20N2O4S2.ClH/c1-8-7-20-11(13(16)19-4)12(8)21(17,18)15-6-5-14-9(2)10(15)3;/h7,9-10,14H,5-6H2,1-4H3;1H. The van der Waals surface area contributed by atoms with Gasteiger partial charge in [-0.05, 0) is 31.7 Å². The minimum atomic E-state index is -3.71. The highest BCUT2D eigenvalue weighted by Crippen LogP contribution is 2.31. The van der Waals surface area contributed by atoms with Crippen molar-refractivity contribution in [1.29, 1.82) is 0 Å². The van der Waals surface area contributed by atoms with Gasteiger partial charge in [0.1, 0.15) is 9.77 Å². The van der Waals surface area contributed by atoms with Crippen LogP contribution in [0.4, 0.5) is 0 Å². The molecule has 1 N–H and O–H groups in total. The van der Waals surface area contributed by atoms with Crippen LogP contribution in [0.3, 0.4) is 0 Å². The number of piperazine rings is 1. The van der Waals surface area contributed by atoms with Gasteiger partial charge in [0, 0.05) is 25.2 Å². The van der Waals surface area contributed by atoms with Crippen LogP contribution in [0.5, 0.6) is 0 Å². The molecule has 6 nitrogen and oxygen atoms in total. The van der Waals surface area contributed by atoms with Gasteiger partial charge in [-0.15, -0.1) is 23.7 Å². The zero-order valence-electron chi connectivity index (χ0n) is 13.0. The fourth-order valence-corrected chi connectivity index (χ4v) is 5.83. The third kappa shape index (κ3) is 3.30. The molecule has 0 bridgehead atoms. The van der Waals surface area contributed by atoms with Gasteiger partial charge in [-0.3, -0.25) is 0 Å². The van der Waals surface area contributed by atoms with Gasteiger partial charge in [0.2, 0.25) is 10.0 Å². The second-order valence-corrected chi connectivity index (χ2v) is 7.87. The first-order valence-electron chi connectivity index (χ1n) is 6.72. The van der Waals surface area contributed by atoms with E-state index in [4.69, 9.17) is 4.74 Å². The summed E-state index contributed by atoms with van der Waals surface area (Å²) in [6.45, 7) is 6.51. The van der Waals surface area contributed by atoms with Gasteiger partial charge in [-0.25, -0.2) is 13.2 Å². The summed E-state index contributed by atoms with van der Waals surface area (Å²) in [6, 6.07) is -0.109. The molecule has 0 radical (unpaired) electrons. The molecule has 0 spiro atoms. The van der Waals surface area contributed by atoms with Crippen LogP contribution < -0.4 is 5.32 Å². The van der Waals surface area contributed by atoms with Crippen LogP contribution in [0.15, 0.2) is 10.3 Å². The van der Waals surface area contributed by atoms with Crippen molar-refractivity contribution in [3.63, 3.8) is 0 Å². The number of nitrogens with one attached hydrogen (secondary N) is 1. The Bertz CT molecular complexity index is 644. The third-order valence-corrected chi connectivity index (χ3v) is 7.21. The fraction of sp³-hybridized carbons (Fsp3) is 0.615. The molecular formula is C13H21ClN2O4S2. The van der Waals surface area contributed by atoms with E-state index in [0.717, 1.165) is 11.3 Å². The van der Waals surface area contributed by atoms with E-state index in [1.807, 2.05) is 13.8 Å². The molecule has 9 heteroatoms. The summed E-state index contributed by atoms with van der Waals surface area (Å²) in [6.07, 6.45) is 0. The Morgan fingerprint density at radius 1 is 1.45 bits per heavy atom. The van der Waals surface area contributed by atoms with E-state index in [1.54, 1.807) is 12.3 Å². The predicted octanol–water partition coefficient (Wildman–Crippen LogP) is 1.64. The molecule has 0 amide bonds. The minimum Gasteiger partial charge on any atom is -0.465 e. The molecule has 2 heterocycles. The van der Waals surface area contributed by atoms with Crippen molar-refractivity contribution in [2.75, 3.05) is 20.2 Å². The zero-order chi connectivity index (χ0) is 15.8. The van der Waals surface area contributed by atoms with E-state index in [-0.39, 0.29) is 34.3 Å². The molecule has 126 valence electrons. The van der Waals surface area contributed by atoms with Crippen LogP contribution in [0.2, 0.25) is 0 Å². The maximum atomic E-state index is 13.0. The lowest BCUT2D eigenvalue weighted by Gasteiger charge is -2.37. The second-order valence-electron chi connectivity index (χ2n) is 5.17. The molecule has 1 aliphatic heterocycles. The number of carbonyl (C=O) groups excluding carboxylic acids is 1. The number of rotatable bonds is 3. The molecule has 1 aromatic rings. The highest BCUT2D eigenvalue weighted by Gasteiger charge is 2.38. The van der Waals surface area contributed by atoms with E-state index in [2.05, 4.69) is 5.32 Å². The summed E-state index contributed by atoms with van der Waals surface area (Å²) in [4.78, 5) is 12.0. The maximum Gasteiger partial charge on any atom is 0.349 e. The molecule has 0 aromatic carbocycles. The average molecular weight is 369 g/mol. The van der Waals surface area contributed by atoms with Crippen molar-refractivity contribution >= 4 is 39.7 Å². The molecule has 1 fully saturated rings. The number of halogens is 1. The van der Waals surface area contributed by atoms with Gasteiger partial charge in [0.15, 0.2) is 0 Å². The first-order chi connectivity index (χ1) is 9.80. The molecule has 2 rings (SSSR count). The van der Waals surface area contributed by atoms with Crippen LogP contribution in [-0.4, -0.2) is 51.0 Å². The molecule has 1 saturated heterocycles. The highest BCUT2D eigenvalue weighted by molar-refractivity contribution is 7.89. The fourth-order valence-electron chi connectivity index (χ4n) is 2.47. The zero-order valence-corrected chi connectivity index (χ0v) is 15.4. The summed E-state index contributed by atoms with van der Waals surface area (Å²) in [7, 11) is -2.46. The van der Waals surface area contributed by atoms with Crippen molar-refractivity contribution in [2.45, 2.75) is 37.8 Å². The van der Waals surface area contributed by atoms with Crippen molar-refractivity contribution in [3.8, 4) is 0 Å². The number of carbonyl (C=O) groups is 1. The minimum absolute atomic E-state index is 0. The van der Waals surface area contributed by atoms with E-state index < -0.39 is 16.0 Å². The van der Waals surface area contributed by atoms with Crippen molar-refractivity contribution < 1.29 is 17.9 Å². The molecule has 1 aliphatic rings. The molecule has 0 aliphatic carbocycles. The topological polar surface area (TPSA) is 75.7 Å². The Balaban J connectivity index is 0.00000242. The number of hydrogen-bond donors (Lipinski definition) is 1. The Kier molecular flexibility index (Phi) is 6.40. The monoisotopic (exact) mass is 368 g/mol. The largest absolute Gasteiger partial charge is 0.465 e. The highest BCUT2D eigenvalue weighted by atomic mass is 35.5. The number of nitrogens with zero attached hydrogens (tertiary/aromatic N) is 1. The summed E-state index contributed by atoms with van der Waals surface area (Å²) in [5.41, 5.74) is 0.582. The maximum absolute atomic E-state index is 13.0. The number of hydrogen-bond acceptors (Lipinski definition) is 6. The lowest BCUT2D eigenvalue weighted by atomic mass is 10.1. The molecule has 1 aromatic heterocycles. The van der Waals surface area contributed by atoms with Crippen LogP contribution in [0.1, 0.15) is 29.1 Å².